The molecule has 0 atom stereocenters. The van der Waals surface area contributed by atoms with E-state index in [1.807, 2.05) is 30.5 Å². The summed E-state index contributed by atoms with van der Waals surface area (Å²) < 4.78 is 0. The third-order valence-corrected chi connectivity index (χ3v) is 2.68. The Morgan fingerprint density at radius 1 is 1.29 bits per heavy atom. The molecule has 0 fully saturated rings. The number of benzene rings is 1. The van der Waals surface area contributed by atoms with Gasteiger partial charge in [-0.25, -0.2) is 0 Å². The summed E-state index contributed by atoms with van der Waals surface area (Å²) in [6, 6.07) is 7.51. The van der Waals surface area contributed by atoms with Crippen molar-refractivity contribution in [3.8, 4) is 0 Å². The van der Waals surface area contributed by atoms with Gasteiger partial charge in [-0.05, 0) is 23.7 Å². The van der Waals surface area contributed by atoms with Crippen molar-refractivity contribution in [1.82, 2.24) is 0 Å². The van der Waals surface area contributed by atoms with Crippen LogP contribution in [-0.2, 0) is 0 Å². The summed E-state index contributed by atoms with van der Waals surface area (Å²) in [5.74, 6) is -0.0230. The zero-order chi connectivity index (χ0) is 10.8. The van der Waals surface area contributed by atoms with E-state index >= 15 is 0 Å². The van der Waals surface area contributed by atoms with Crippen LogP contribution in [0.5, 0.6) is 0 Å². The lowest BCUT2D eigenvalue weighted by molar-refractivity contribution is 0.0949. The first kappa shape index (κ1) is 11.4. The average molecular weight is 204 g/mol. The molecule has 2 radical (unpaired) electrons. The molecule has 0 bridgehead atoms. The molecule has 0 aromatic heterocycles. The summed E-state index contributed by atoms with van der Waals surface area (Å²) >= 11 is 1.65. The van der Waals surface area contributed by atoms with E-state index in [0.717, 1.165) is 4.90 Å². The molecule has 1 nitrogen and oxygen atoms in total. The summed E-state index contributed by atoms with van der Waals surface area (Å²) in [6.45, 7) is 3.44. The number of thioether (sulfide) groups is 1. The van der Waals surface area contributed by atoms with E-state index < -0.39 is 5.31 Å². The van der Waals surface area contributed by atoms with Gasteiger partial charge >= 0.3 is 0 Å². The fourth-order valence-electron chi connectivity index (χ4n) is 1.11. The number of ketones is 1. The van der Waals surface area contributed by atoms with Crippen molar-refractivity contribution < 1.29 is 4.79 Å². The molecule has 1 aromatic carbocycles. The summed E-state index contributed by atoms with van der Waals surface area (Å²) in [5, 5.41) is -0.791. The normalized spacial score (nSPS) is 11.4. The van der Waals surface area contributed by atoms with Gasteiger partial charge in [0.05, 0.1) is 7.85 Å². The summed E-state index contributed by atoms with van der Waals surface area (Å²) in [7, 11) is 5.73. The van der Waals surface area contributed by atoms with E-state index in [-0.39, 0.29) is 5.78 Å². The van der Waals surface area contributed by atoms with Crippen molar-refractivity contribution in [1.29, 1.82) is 0 Å². The highest BCUT2D eigenvalue weighted by molar-refractivity contribution is 7.98. The molecule has 0 aliphatic rings. The van der Waals surface area contributed by atoms with E-state index in [2.05, 4.69) is 0 Å². The van der Waals surface area contributed by atoms with Crippen LogP contribution < -0.4 is 0 Å². The molecular weight excluding hydrogens is 191 g/mol. The van der Waals surface area contributed by atoms with Crippen molar-refractivity contribution in [2.75, 3.05) is 6.26 Å². The van der Waals surface area contributed by atoms with Crippen LogP contribution in [0, 0.1) is 0 Å². The van der Waals surface area contributed by atoms with Gasteiger partial charge in [-0.15, -0.1) is 11.8 Å². The Bertz CT molecular complexity index is 324. The zero-order valence-corrected chi connectivity index (χ0v) is 9.52. The van der Waals surface area contributed by atoms with Crippen LogP contribution in [0.1, 0.15) is 24.2 Å². The van der Waals surface area contributed by atoms with Crippen molar-refractivity contribution in [2.24, 2.45) is 0 Å². The first-order chi connectivity index (χ1) is 6.45. The van der Waals surface area contributed by atoms with Crippen LogP contribution >= 0.6 is 11.8 Å². The smallest absolute Gasteiger partial charge is 0.159 e. The summed E-state index contributed by atoms with van der Waals surface area (Å²) in [5.41, 5.74) is 0.676. The molecule has 0 unspecified atom stereocenters. The Morgan fingerprint density at radius 3 is 2.14 bits per heavy atom. The van der Waals surface area contributed by atoms with Gasteiger partial charge in [-0.3, -0.25) is 4.79 Å². The van der Waals surface area contributed by atoms with Crippen LogP contribution in [0.25, 0.3) is 0 Å². The fourth-order valence-corrected chi connectivity index (χ4v) is 1.52. The fraction of sp³-hybridized carbons (Fsp3) is 0.364. The van der Waals surface area contributed by atoms with E-state index in [4.69, 9.17) is 7.85 Å². The maximum Gasteiger partial charge on any atom is 0.159 e. The number of carbonyl (C=O) groups excluding carboxylic acids is 1. The van der Waals surface area contributed by atoms with Gasteiger partial charge in [0.2, 0.25) is 0 Å². The molecule has 0 heterocycles. The highest BCUT2D eigenvalue weighted by atomic mass is 32.2. The second kappa shape index (κ2) is 4.22. The van der Waals surface area contributed by atoms with Crippen molar-refractivity contribution in [3.05, 3.63) is 29.8 Å². The second-order valence-corrected chi connectivity index (χ2v) is 4.66. The van der Waals surface area contributed by atoms with E-state index in [9.17, 15) is 4.79 Å². The number of carbonyl (C=O) groups is 1. The van der Waals surface area contributed by atoms with Gasteiger partial charge in [0.15, 0.2) is 5.78 Å². The van der Waals surface area contributed by atoms with Gasteiger partial charge in [0, 0.05) is 10.5 Å². The predicted octanol–water partition coefficient (Wildman–Crippen LogP) is 2.96. The number of hydrogen-bond donors (Lipinski definition) is 0. The van der Waals surface area contributed by atoms with Crippen molar-refractivity contribution >= 4 is 25.4 Å². The highest BCUT2D eigenvalue weighted by Crippen LogP contribution is 2.25. The standard InChI is InChI=1S/C11H13BOS/c1-11(2,12)10(13)8-4-6-9(14-3)7-5-8/h4-7H,1-3H3. The number of Topliss-reactive ketones (excluding diaryl/α,β-unsaturated/α-hetero) is 1. The molecule has 0 amide bonds. The minimum absolute atomic E-state index is 0.0230. The van der Waals surface area contributed by atoms with Gasteiger partial charge in [0.1, 0.15) is 0 Å². The Kier molecular flexibility index (Phi) is 3.43. The molecule has 1 aromatic rings. The van der Waals surface area contributed by atoms with Gasteiger partial charge < -0.3 is 0 Å². The largest absolute Gasteiger partial charge is 0.294 e. The van der Waals surface area contributed by atoms with E-state index in [1.54, 1.807) is 25.6 Å². The summed E-state index contributed by atoms with van der Waals surface area (Å²) in [4.78, 5) is 12.9. The number of hydrogen-bond acceptors (Lipinski definition) is 2. The van der Waals surface area contributed by atoms with Crippen LogP contribution in [0.4, 0.5) is 0 Å². The Labute approximate surface area is 90.7 Å². The van der Waals surface area contributed by atoms with Crippen LogP contribution in [0.3, 0.4) is 0 Å². The van der Waals surface area contributed by atoms with Crippen molar-refractivity contribution in [2.45, 2.75) is 24.1 Å². The lowest BCUT2D eigenvalue weighted by atomic mass is 9.67. The SMILES string of the molecule is [B]C(C)(C)C(=O)c1ccc(SC)cc1. The van der Waals surface area contributed by atoms with Crippen LogP contribution in [0.2, 0.25) is 5.31 Å². The third-order valence-electron chi connectivity index (χ3n) is 1.94. The maximum atomic E-state index is 11.7. The monoisotopic (exact) mass is 204 g/mol. The molecule has 0 saturated carbocycles. The lowest BCUT2D eigenvalue weighted by Crippen LogP contribution is -2.17. The Balaban J connectivity index is 2.93. The minimum atomic E-state index is -0.791. The minimum Gasteiger partial charge on any atom is -0.294 e. The molecule has 72 valence electrons. The molecule has 0 aliphatic heterocycles. The van der Waals surface area contributed by atoms with E-state index in [0.29, 0.717) is 5.56 Å². The van der Waals surface area contributed by atoms with Gasteiger partial charge in [-0.2, -0.15) is 0 Å². The molecule has 14 heavy (non-hydrogen) atoms. The average Bonchev–Trinajstić information content (AvgIpc) is 2.15. The first-order valence-corrected chi connectivity index (χ1v) is 5.65. The highest BCUT2D eigenvalue weighted by Gasteiger charge is 2.21. The molecule has 1 rings (SSSR count). The van der Waals surface area contributed by atoms with Gasteiger partial charge in [-0.1, -0.05) is 26.0 Å². The Morgan fingerprint density at radius 2 is 1.79 bits per heavy atom. The van der Waals surface area contributed by atoms with Gasteiger partial charge in [0.25, 0.3) is 0 Å². The van der Waals surface area contributed by atoms with Crippen LogP contribution in [-0.4, -0.2) is 19.9 Å². The maximum absolute atomic E-state index is 11.7. The second-order valence-electron chi connectivity index (χ2n) is 3.78. The third kappa shape index (κ3) is 2.64. The summed E-state index contributed by atoms with van der Waals surface area (Å²) in [6.07, 6.45) is 2.00. The first-order valence-electron chi connectivity index (χ1n) is 4.43. The topological polar surface area (TPSA) is 17.1 Å². The quantitative estimate of drug-likeness (QED) is 0.427. The molecule has 0 N–H and O–H groups in total. The molecule has 0 spiro atoms. The van der Waals surface area contributed by atoms with E-state index in [1.165, 1.54) is 0 Å². The molecule has 0 aliphatic carbocycles. The lowest BCUT2D eigenvalue weighted by Gasteiger charge is -2.16. The molecular formula is C11H13BOS. The molecule has 3 heteroatoms. The predicted molar refractivity (Wildman–Crippen MR) is 62.3 cm³/mol. The Hall–Kier alpha value is -0.695. The van der Waals surface area contributed by atoms with Crippen LogP contribution in [0.15, 0.2) is 29.2 Å². The van der Waals surface area contributed by atoms with Crippen molar-refractivity contribution in [3.63, 3.8) is 0 Å². The number of rotatable bonds is 3. The molecule has 0 saturated heterocycles. The zero-order valence-electron chi connectivity index (χ0n) is 8.70.